The number of primary amides is 1. The summed E-state index contributed by atoms with van der Waals surface area (Å²) in [4.78, 5) is 32.9. The largest absolute Gasteiger partial charge is 0.368 e. The third kappa shape index (κ3) is 3.64. The number of aromatic nitrogens is 2. The van der Waals surface area contributed by atoms with Crippen molar-refractivity contribution in [1.29, 1.82) is 0 Å². The van der Waals surface area contributed by atoms with E-state index in [4.69, 9.17) is 5.73 Å². The number of amides is 2. The maximum atomic E-state index is 11.9. The molecule has 0 radical (unpaired) electrons. The third-order valence-electron chi connectivity index (χ3n) is 3.06. The van der Waals surface area contributed by atoms with Crippen molar-refractivity contribution in [2.45, 2.75) is 12.8 Å². The minimum atomic E-state index is -0.535. The summed E-state index contributed by atoms with van der Waals surface area (Å²) >= 11 is 0. The Kier molecular flexibility index (Phi) is 4.27. The molecule has 2 rings (SSSR count). The zero-order valence-corrected chi connectivity index (χ0v) is 10.6. The molecule has 0 bridgehead atoms. The molecule has 1 fully saturated rings. The van der Waals surface area contributed by atoms with Crippen LogP contribution in [0.4, 0.5) is 5.95 Å². The first-order valence-electron chi connectivity index (χ1n) is 6.25. The molecule has 0 aromatic carbocycles. The first-order chi connectivity index (χ1) is 9.16. The maximum Gasteiger partial charge on any atom is 0.236 e. The van der Waals surface area contributed by atoms with Gasteiger partial charge in [0.15, 0.2) is 0 Å². The normalized spacial score (nSPS) is 18.9. The Hall–Kier alpha value is -2.18. The van der Waals surface area contributed by atoms with Crippen LogP contribution in [0.25, 0.3) is 0 Å². The van der Waals surface area contributed by atoms with Crippen molar-refractivity contribution in [1.82, 2.24) is 15.3 Å². The number of nitrogens with zero attached hydrogens (tertiary/aromatic N) is 3. The van der Waals surface area contributed by atoms with Crippen LogP contribution < -0.4 is 16.0 Å². The molecule has 1 unspecified atom stereocenters. The summed E-state index contributed by atoms with van der Waals surface area (Å²) in [5, 5.41) is 2.54. The van der Waals surface area contributed by atoms with Gasteiger partial charge < -0.3 is 16.0 Å². The monoisotopic (exact) mass is 263 g/mol. The second-order valence-corrected chi connectivity index (χ2v) is 4.52. The average molecular weight is 263 g/mol. The lowest BCUT2D eigenvalue weighted by Gasteiger charge is -2.31. The van der Waals surface area contributed by atoms with Crippen molar-refractivity contribution in [3.05, 3.63) is 18.5 Å². The van der Waals surface area contributed by atoms with E-state index in [9.17, 15) is 9.59 Å². The van der Waals surface area contributed by atoms with Crippen LogP contribution in [0.2, 0.25) is 0 Å². The summed E-state index contributed by atoms with van der Waals surface area (Å²) in [5.41, 5.74) is 5.00. The highest BCUT2D eigenvalue weighted by Gasteiger charge is 2.26. The van der Waals surface area contributed by atoms with Gasteiger partial charge in [0.2, 0.25) is 17.8 Å². The van der Waals surface area contributed by atoms with Gasteiger partial charge in [-0.15, -0.1) is 0 Å². The lowest BCUT2D eigenvalue weighted by atomic mass is 9.97. The first kappa shape index (κ1) is 13.3. The summed E-state index contributed by atoms with van der Waals surface area (Å²) in [6.07, 6.45) is 5.05. The Balaban J connectivity index is 1.93. The first-order valence-corrected chi connectivity index (χ1v) is 6.25. The van der Waals surface area contributed by atoms with E-state index in [0.717, 1.165) is 19.4 Å². The lowest BCUT2D eigenvalue weighted by molar-refractivity contribution is -0.127. The summed E-state index contributed by atoms with van der Waals surface area (Å²) in [6, 6.07) is 1.75. The van der Waals surface area contributed by atoms with Crippen LogP contribution in [-0.2, 0) is 9.59 Å². The molecule has 0 aliphatic carbocycles. The van der Waals surface area contributed by atoms with Gasteiger partial charge in [-0.3, -0.25) is 9.59 Å². The Labute approximate surface area is 111 Å². The second-order valence-electron chi connectivity index (χ2n) is 4.52. The topological polar surface area (TPSA) is 101 Å². The van der Waals surface area contributed by atoms with Crippen molar-refractivity contribution < 1.29 is 9.59 Å². The highest BCUT2D eigenvalue weighted by atomic mass is 16.2. The SMILES string of the molecule is NC(=O)CNC(=O)C1CCCN(c2ncccn2)C1. The number of rotatable bonds is 4. The molecule has 1 aromatic heterocycles. The highest BCUT2D eigenvalue weighted by Crippen LogP contribution is 2.19. The average Bonchev–Trinajstić information content (AvgIpc) is 2.46. The fourth-order valence-corrected chi connectivity index (χ4v) is 2.15. The van der Waals surface area contributed by atoms with Crippen molar-refractivity contribution in [3.63, 3.8) is 0 Å². The number of piperidine rings is 1. The fraction of sp³-hybridized carbons (Fsp3) is 0.500. The number of hydrogen-bond acceptors (Lipinski definition) is 5. The second kappa shape index (κ2) is 6.12. The summed E-state index contributed by atoms with van der Waals surface area (Å²) in [6.45, 7) is 1.29. The van der Waals surface area contributed by atoms with E-state index in [-0.39, 0.29) is 18.4 Å². The maximum absolute atomic E-state index is 11.9. The standard InChI is InChI=1S/C12H17N5O2/c13-10(18)7-16-11(19)9-3-1-6-17(8-9)12-14-4-2-5-15-12/h2,4-5,9H,1,3,6-8H2,(H2,13,18)(H,16,19). The molecule has 2 amide bonds. The van der Waals surface area contributed by atoms with Gasteiger partial charge in [0.05, 0.1) is 12.5 Å². The van der Waals surface area contributed by atoms with E-state index in [2.05, 4.69) is 15.3 Å². The molecular weight excluding hydrogens is 246 g/mol. The molecule has 1 aromatic rings. The Morgan fingerprint density at radius 1 is 1.42 bits per heavy atom. The van der Waals surface area contributed by atoms with Gasteiger partial charge in [-0.2, -0.15) is 0 Å². The molecule has 102 valence electrons. The molecular formula is C12H17N5O2. The molecule has 7 heteroatoms. The smallest absolute Gasteiger partial charge is 0.236 e. The minimum absolute atomic E-state index is 0.114. The van der Waals surface area contributed by atoms with Crippen LogP contribution in [0.5, 0.6) is 0 Å². The number of carbonyl (C=O) groups excluding carboxylic acids is 2. The van der Waals surface area contributed by atoms with Gasteiger partial charge in [0, 0.05) is 25.5 Å². The molecule has 2 heterocycles. The number of anilines is 1. The Bertz CT molecular complexity index is 451. The zero-order chi connectivity index (χ0) is 13.7. The van der Waals surface area contributed by atoms with E-state index in [1.54, 1.807) is 18.5 Å². The van der Waals surface area contributed by atoms with Gasteiger partial charge in [0.25, 0.3) is 0 Å². The summed E-state index contributed by atoms with van der Waals surface area (Å²) < 4.78 is 0. The number of nitrogens with two attached hydrogens (primary N) is 1. The van der Waals surface area contributed by atoms with Gasteiger partial charge >= 0.3 is 0 Å². The Morgan fingerprint density at radius 2 is 2.16 bits per heavy atom. The summed E-state index contributed by atoms with van der Waals surface area (Å²) in [7, 11) is 0. The number of nitrogens with one attached hydrogen (secondary N) is 1. The molecule has 1 aliphatic heterocycles. The van der Waals surface area contributed by atoms with E-state index in [0.29, 0.717) is 12.5 Å². The molecule has 1 saturated heterocycles. The minimum Gasteiger partial charge on any atom is -0.368 e. The molecule has 1 atom stereocenters. The molecule has 0 spiro atoms. The van der Waals surface area contributed by atoms with Crippen LogP contribution in [0.1, 0.15) is 12.8 Å². The number of hydrogen-bond donors (Lipinski definition) is 2. The van der Waals surface area contributed by atoms with Gasteiger partial charge in [-0.05, 0) is 18.9 Å². The van der Waals surface area contributed by atoms with Crippen LogP contribution in [0.3, 0.4) is 0 Å². The third-order valence-corrected chi connectivity index (χ3v) is 3.06. The molecule has 0 saturated carbocycles. The van der Waals surface area contributed by atoms with E-state index in [1.807, 2.05) is 4.90 Å². The van der Waals surface area contributed by atoms with Crippen LogP contribution in [-0.4, -0.2) is 41.4 Å². The van der Waals surface area contributed by atoms with Crippen LogP contribution in [0.15, 0.2) is 18.5 Å². The summed E-state index contributed by atoms with van der Waals surface area (Å²) in [5.74, 6) is -0.196. The zero-order valence-electron chi connectivity index (χ0n) is 10.6. The quantitative estimate of drug-likeness (QED) is 0.747. The van der Waals surface area contributed by atoms with Crippen molar-refractivity contribution in [3.8, 4) is 0 Å². The van der Waals surface area contributed by atoms with E-state index < -0.39 is 5.91 Å². The predicted octanol–water partition coefficient (Wildman–Crippen LogP) is -0.705. The van der Waals surface area contributed by atoms with Crippen molar-refractivity contribution in [2.24, 2.45) is 11.7 Å². The van der Waals surface area contributed by atoms with Gasteiger partial charge in [-0.25, -0.2) is 9.97 Å². The lowest BCUT2D eigenvalue weighted by Crippen LogP contribution is -2.45. The van der Waals surface area contributed by atoms with Gasteiger partial charge in [-0.1, -0.05) is 0 Å². The van der Waals surface area contributed by atoms with Crippen LogP contribution >= 0.6 is 0 Å². The highest BCUT2D eigenvalue weighted by molar-refractivity contribution is 5.85. The van der Waals surface area contributed by atoms with E-state index in [1.165, 1.54) is 0 Å². The Morgan fingerprint density at radius 3 is 2.84 bits per heavy atom. The number of carbonyl (C=O) groups is 2. The fourth-order valence-electron chi connectivity index (χ4n) is 2.15. The molecule has 7 nitrogen and oxygen atoms in total. The van der Waals surface area contributed by atoms with Crippen LogP contribution in [0, 0.1) is 5.92 Å². The van der Waals surface area contributed by atoms with E-state index >= 15 is 0 Å². The molecule has 3 N–H and O–H groups in total. The predicted molar refractivity (Wildman–Crippen MR) is 69.2 cm³/mol. The van der Waals surface area contributed by atoms with Crippen molar-refractivity contribution >= 4 is 17.8 Å². The molecule has 1 aliphatic rings. The van der Waals surface area contributed by atoms with Gasteiger partial charge in [0.1, 0.15) is 0 Å². The molecule has 19 heavy (non-hydrogen) atoms. The van der Waals surface area contributed by atoms with Crippen molar-refractivity contribution in [2.75, 3.05) is 24.5 Å².